The summed E-state index contributed by atoms with van der Waals surface area (Å²) in [4.78, 5) is 11.8. The van der Waals surface area contributed by atoms with Gasteiger partial charge in [0, 0.05) is 5.56 Å². The van der Waals surface area contributed by atoms with Gasteiger partial charge in [0.2, 0.25) is 0 Å². The van der Waals surface area contributed by atoms with E-state index in [0.717, 1.165) is 11.1 Å². The van der Waals surface area contributed by atoms with E-state index in [2.05, 4.69) is 6.58 Å². The molecule has 1 saturated heterocycles. The minimum atomic E-state index is -0.466. The quantitative estimate of drug-likeness (QED) is 0.607. The van der Waals surface area contributed by atoms with Crippen LogP contribution in [0.1, 0.15) is 11.7 Å². The minimum Gasteiger partial charge on any atom is -0.496 e. The van der Waals surface area contributed by atoms with Crippen LogP contribution in [-0.4, -0.2) is 26.8 Å². The van der Waals surface area contributed by atoms with Gasteiger partial charge in [-0.3, -0.25) is 4.79 Å². The van der Waals surface area contributed by atoms with Gasteiger partial charge in [-0.05, 0) is 11.6 Å². The Bertz CT molecular complexity index is 467. The van der Waals surface area contributed by atoms with Crippen molar-refractivity contribution in [1.29, 1.82) is 0 Å². The molecule has 0 saturated carbocycles. The third kappa shape index (κ3) is 2.11. The Morgan fingerprint density at radius 3 is 2.78 bits per heavy atom. The normalized spacial score (nSPS) is 22.9. The maximum absolute atomic E-state index is 11.8. The number of carbonyl (C=O) groups excluding carboxylic acids is 1. The molecule has 1 aliphatic rings. The molecule has 0 spiro atoms. The molecule has 0 aromatic heterocycles. The van der Waals surface area contributed by atoms with E-state index in [9.17, 15) is 4.79 Å². The Morgan fingerprint density at radius 1 is 1.39 bits per heavy atom. The highest BCUT2D eigenvalue weighted by molar-refractivity contribution is 5.77. The predicted octanol–water partition coefficient (Wildman–Crippen LogP) is 2.11. The highest BCUT2D eigenvalue weighted by Gasteiger charge is 2.40. The number of rotatable bonds is 3. The van der Waals surface area contributed by atoms with Gasteiger partial charge >= 0.3 is 5.97 Å². The second-order valence-corrected chi connectivity index (χ2v) is 4.13. The molecule has 1 aliphatic heterocycles. The molecule has 0 unspecified atom stereocenters. The van der Waals surface area contributed by atoms with Gasteiger partial charge in [0.25, 0.3) is 0 Å². The largest absolute Gasteiger partial charge is 0.496 e. The Hall–Kier alpha value is -1.81. The van der Waals surface area contributed by atoms with E-state index in [1.54, 1.807) is 7.11 Å². The lowest BCUT2D eigenvalue weighted by atomic mass is 9.92. The summed E-state index contributed by atoms with van der Waals surface area (Å²) in [6.45, 7) is 4.23. The van der Waals surface area contributed by atoms with Crippen molar-refractivity contribution in [2.24, 2.45) is 5.92 Å². The molecule has 0 aliphatic carbocycles. The number of methoxy groups -OCH3 is 2. The van der Waals surface area contributed by atoms with Crippen LogP contribution < -0.4 is 4.74 Å². The topological polar surface area (TPSA) is 44.8 Å². The number of carbonyl (C=O) groups is 1. The first kappa shape index (κ1) is 12.6. The van der Waals surface area contributed by atoms with Crippen LogP contribution in [0.3, 0.4) is 0 Å². The van der Waals surface area contributed by atoms with Gasteiger partial charge in [0.05, 0.1) is 20.8 Å². The molecule has 96 valence electrons. The van der Waals surface area contributed by atoms with Crippen molar-refractivity contribution >= 4 is 5.97 Å². The maximum atomic E-state index is 11.8. The standard InChI is InChI=1S/C14H16O4/c1-9-8-18-13(12(9)14(15)17-3)10-6-4-5-7-11(10)16-2/h4-7,12-13H,1,8H2,2-3H3/t12-,13+/m0/s1. The fourth-order valence-electron chi connectivity index (χ4n) is 2.18. The number of para-hydroxylation sites is 1. The molecule has 1 aromatic carbocycles. The summed E-state index contributed by atoms with van der Waals surface area (Å²) in [7, 11) is 2.96. The lowest BCUT2D eigenvalue weighted by molar-refractivity contribution is -0.146. The van der Waals surface area contributed by atoms with E-state index >= 15 is 0 Å². The van der Waals surface area contributed by atoms with E-state index in [1.807, 2.05) is 24.3 Å². The van der Waals surface area contributed by atoms with E-state index in [0.29, 0.717) is 12.4 Å². The molecule has 0 radical (unpaired) electrons. The summed E-state index contributed by atoms with van der Waals surface area (Å²) in [6, 6.07) is 7.49. The van der Waals surface area contributed by atoms with Crippen LogP contribution in [0.15, 0.2) is 36.4 Å². The Balaban J connectivity index is 2.37. The summed E-state index contributed by atoms with van der Waals surface area (Å²) in [6.07, 6.45) is -0.388. The van der Waals surface area contributed by atoms with Crippen molar-refractivity contribution in [2.45, 2.75) is 6.10 Å². The molecule has 0 bridgehead atoms. The molecule has 1 fully saturated rings. The van der Waals surface area contributed by atoms with Crippen molar-refractivity contribution in [3.05, 3.63) is 42.0 Å². The molecule has 4 heteroatoms. The van der Waals surface area contributed by atoms with Crippen LogP contribution in [0.5, 0.6) is 5.75 Å². The van der Waals surface area contributed by atoms with Crippen molar-refractivity contribution in [1.82, 2.24) is 0 Å². The van der Waals surface area contributed by atoms with Gasteiger partial charge in [-0.2, -0.15) is 0 Å². The van der Waals surface area contributed by atoms with Crippen LogP contribution in [0.25, 0.3) is 0 Å². The average Bonchev–Trinajstić information content (AvgIpc) is 2.79. The highest BCUT2D eigenvalue weighted by atomic mass is 16.5. The molecule has 2 rings (SSSR count). The van der Waals surface area contributed by atoms with Crippen molar-refractivity contribution in [3.8, 4) is 5.75 Å². The second-order valence-electron chi connectivity index (χ2n) is 4.13. The summed E-state index contributed by atoms with van der Waals surface area (Å²) in [5.74, 6) is -0.0918. The van der Waals surface area contributed by atoms with Crippen LogP contribution in [0.2, 0.25) is 0 Å². The molecule has 2 atom stereocenters. The Kier molecular flexibility index (Phi) is 3.67. The lowest BCUT2D eigenvalue weighted by Gasteiger charge is -2.19. The zero-order valence-corrected chi connectivity index (χ0v) is 10.5. The van der Waals surface area contributed by atoms with E-state index < -0.39 is 5.92 Å². The third-order valence-electron chi connectivity index (χ3n) is 3.09. The van der Waals surface area contributed by atoms with Gasteiger partial charge in [-0.25, -0.2) is 0 Å². The number of hydrogen-bond acceptors (Lipinski definition) is 4. The van der Waals surface area contributed by atoms with Crippen LogP contribution in [0, 0.1) is 5.92 Å². The van der Waals surface area contributed by atoms with Gasteiger partial charge in [-0.15, -0.1) is 0 Å². The molecule has 1 aromatic rings. The molecule has 1 heterocycles. The number of esters is 1. The van der Waals surface area contributed by atoms with Crippen LogP contribution >= 0.6 is 0 Å². The molecular formula is C14H16O4. The van der Waals surface area contributed by atoms with E-state index in [1.165, 1.54) is 7.11 Å². The number of hydrogen-bond donors (Lipinski definition) is 0. The van der Waals surface area contributed by atoms with Crippen LogP contribution in [-0.2, 0) is 14.3 Å². The number of benzene rings is 1. The zero-order valence-electron chi connectivity index (χ0n) is 10.5. The number of ether oxygens (including phenoxy) is 3. The summed E-state index contributed by atoms with van der Waals surface area (Å²) < 4.78 is 15.8. The molecule has 0 N–H and O–H groups in total. The maximum Gasteiger partial charge on any atom is 0.315 e. The molecule has 4 nitrogen and oxygen atoms in total. The lowest BCUT2D eigenvalue weighted by Crippen LogP contribution is -2.21. The summed E-state index contributed by atoms with van der Waals surface area (Å²) >= 11 is 0. The van der Waals surface area contributed by atoms with E-state index in [-0.39, 0.29) is 12.1 Å². The monoisotopic (exact) mass is 248 g/mol. The third-order valence-corrected chi connectivity index (χ3v) is 3.09. The van der Waals surface area contributed by atoms with Gasteiger partial charge in [0.15, 0.2) is 0 Å². The van der Waals surface area contributed by atoms with Crippen LogP contribution in [0.4, 0.5) is 0 Å². The average molecular weight is 248 g/mol. The fourth-order valence-corrected chi connectivity index (χ4v) is 2.18. The molecule has 0 amide bonds. The predicted molar refractivity (Wildman–Crippen MR) is 66.3 cm³/mol. The summed E-state index contributed by atoms with van der Waals surface area (Å²) in [5, 5.41) is 0. The van der Waals surface area contributed by atoms with Gasteiger partial charge in [-0.1, -0.05) is 24.8 Å². The van der Waals surface area contributed by atoms with Gasteiger partial charge < -0.3 is 14.2 Å². The smallest absolute Gasteiger partial charge is 0.315 e. The first-order chi connectivity index (χ1) is 8.69. The summed E-state index contributed by atoms with van der Waals surface area (Å²) in [5.41, 5.74) is 1.58. The minimum absolute atomic E-state index is 0.326. The van der Waals surface area contributed by atoms with E-state index in [4.69, 9.17) is 14.2 Å². The first-order valence-corrected chi connectivity index (χ1v) is 5.69. The highest BCUT2D eigenvalue weighted by Crippen LogP contribution is 2.41. The van der Waals surface area contributed by atoms with Crippen molar-refractivity contribution < 1.29 is 19.0 Å². The second kappa shape index (κ2) is 5.23. The fraction of sp³-hybridized carbons (Fsp3) is 0.357. The Labute approximate surface area is 106 Å². The van der Waals surface area contributed by atoms with Gasteiger partial charge in [0.1, 0.15) is 17.8 Å². The first-order valence-electron chi connectivity index (χ1n) is 5.69. The molecular weight excluding hydrogens is 232 g/mol. The molecule has 18 heavy (non-hydrogen) atoms. The Morgan fingerprint density at radius 2 is 2.11 bits per heavy atom. The SMILES string of the molecule is C=C1CO[C@H](c2ccccc2OC)[C@H]1C(=O)OC. The van der Waals surface area contributed by atoms with Crippen molar-refractivity contribution in [2.75, 3.05) is 20.8 Å². The van der Waals surface area contributed by atoms with Crippen molar-refractivity contribution in [3.63, 3.8) is 0 Å². The zero-order chi connectivity index (χ0) is 13.1.